The minimum Gasteiger partial charge on any atom is -0.318 e. The molecule has 0 bridgehead atoms. The van der Waals surface area contributed by atoms with Crippen LogP contribution in [0.3, 0.4) is 0 Å². The molecule has 0 N–H and O–H groups in total. The lowest BCUT2D eigenvalue weighted by Gasteiger charge is -2.05. The van der Waals surface area contributed by atoms with Crippen LogP contribution in [0.4, 0.5) is 0 Å². The van der Waals surface area contributed by atoms with Crippen molar-refractivity contribution >= 4 is 38.6 Å². The molecule has 0 fully saturated rings. The zero-order valence-corrected chi connectivity index (χ0v) is 11.8. The summed E-state index contributed by atoms with van der Waals surface area (Å²) in [5, 5.41) is 1.70. The van der Waals surface area contributed by atoms with Gasteiger partial charge in [0.15, 0.2) is 0 Å². The van der Waals surface area contributed by atoms with Gasteiger partial charge in [-0.3, -0.25) is 0 Å². The molecule has 2 aromatic heterocycles. The Labute approximate surface area is 108 Å². The highest BCUT2D eigenvalue weighted by Gasteiger charge is 2.16. The fourth-order valence-electron chi connectivity index (χ4n) is 1.78. The molecule has 2 rings (SSSR count). The number of hydrogen-bond acceptors (Lipinski definition) is 2. The van der Waals surface area contributed by atoms with E-state index in [0.29, 0.717) is 11.1 Å². The Morgan fingerprint density at radius 3 is 2.75 bits per heavy atom. The largest absolute Gasteiger partial charge is 0.318 e. The van der Waals surface area contributed by atoms with Crippen LogP contribution in [0, 0.1) is 5.92 Å². The SMILES string of the molecule is CC(C)Cc1ncnc2c1c(Br)c(Cl)n2C. The molecule has 0 saturated heterocycles. The molecule has 0 radical (unpaired) electrons. The lowest BCUT2D eigenvalue weighted by atomic mass is 10.1. The van der Waals surface area contributed by atoms with E-state index in [2.05, 4.69) is 39.7 Å². The summed E-state index contributed by atoms with van der Waals surface area (Å²) in [6, 6.07) is 0. The minimum atomic E-state index is 0.559. The smallest absolute Gasteiger partial charge is 0.145 e. The summed E-state index contributed by atoms with van der Waals surface area (Å²) in [6.45, 7) is 4.35. The third-order valence-corrected chi connectivity index (χ3v) is 3.96. The fourth-order valence-corrected chi connectivity index (χ4v) is 2.62. The summed E-state index contributed by atoms with van der Waals surface area (Å²) >= 11 is 9.69. The number of aromatic nitrogens is 3. The quantitative estimate of drug-likeness (QED) is 0.849. The van der Waals surface area contributed by atoms with E-state index in [0.717, 1.165) is 27.6 Å². The third kappa shape index (κ3) is 1.84. The second-order valence-corrected chi connectivity index (χ2v) is 5.43. The summed E-state index contributed by atoms with van der Waals surface area (Å²) in [7, 11) is 1.90. The molecule has 0 spiro atoms. The van der Waals surface area contributed by atoms with Crippen molar-refractivity contribution in [3.05, 3.63) is 21.6 Å². The van der Waals surface area contributed by atoms with E-state index in [1.807, 2.05) is 11.6 Å². The Morgan fingerprint density at radius 1 is 1.44 bits per heavy atom. The maximum Gasteiger partial charge on any atom is 0.145 e. The highest BCUT2D eigenvalue weighted by molar-refractivity contribution is 9.10. The Hall–Kier alpha value is -0.610. The van der Waals surface area contributed by atoms with Crippen LogP contribution in [-0.2, 0) is 13.5 Å². The van der Waals surface area contributed by atoms with E-state index in [1.165, 1.54) is 0 Å². The number of hydrogen-bond donors (Lipinski definition) is 0. The lowest BCUT2D eigenvalue weighted by molar-refractivity contribution is 0.638. The average Bonchev–Trinajstić information content (AvgIpc) is 2.44. The van der Waals surface area contributed by atoms with Crippen molar-refractivity contribution in [1.82, 2.24) is 14.5 Å². The topological polar surface area (TPSA) is 30.7 Å². The Bertz CT molecular complexity index is 533. The summed E-state index contributed by atoms with van der Waals surface area (Å²) < 4.78 is 2.76. The molecule has 86 valence electrons. The van der Waals surface area contributed by atoms with Gasteiger partial charge in [0, 0.05) is 7.05 Å². The third-order valence-electron chi connectivity index (χ3n) is 2.52. The number of halogens is 2. The second-order valence-electron chi connectivity index (χ2n) is 4.28. The van der Waals surface area contributed by atoms with Gasteiger partial charge in [0.2, 0.25) is 0 Å². The first kappa shape index (κ1) is 11.9. The Kier molecular flexibility index (Phi) is 3.22. The predicted octanol–water partition coefficient (Wildman–Crippen LogP) is 3.58. The number of rotatable bonds is 2. The highest BCUT2D eigenvalue weighted by Crippen LogP contribution is 2.34. The molecule has 0 aromatic carbocycles. The molecule has 2 aromatic rings. The maximum absolute atomic E-state index is 6.18. The zero-order chi connectivity index (χ0) is 11.9. The predicted molar refractivity (Wildman–Crippen MR) is 69.8 cm³/mol. The van der Waals surface area contributed by atoms with Gasteiger partial charge in [-0.25, -0.2) is 9.97 Å². The minimum absolute atomic E-state index is 0.559. The van der Waals surface area contributed by atoms with E-state index in [4.69, 9.17) is 11.6 Å². The molecule has 0 unspecified atom stereocenters. The maximum atomic E-state index is 6.18. The molecular formula is C11H13BrClN3. The van der Waals surface area contributed by atoms with Crippen molar-refractivity contribution < 1.29 is 0 Å². The molecule has 0 amide bonds. The van der Waals surface area contributed by atoms with Gasteiger partial charge in [0.05, 0.1) is 15.6 Å². The van der Waals surface area contributed by atoms with Gasteiger partial charge < -0.3 is 4.57 Å². The molecule has 5 heteroatoms. The zero-order valence-electron chi connectivity index (χ0n) is 9.46. The number of nitrogens with zero attached hydrogens (tertiary/aromatic N) is 3. The first-order chi connectivity index (χ1) is 7.52. The van der Waals surface area contributed by atoms with Crippen LogP contribution in [0.1, 0.15) is 19.5 Å². The van der Waals surface area contributed by atoms with Gasteiger partial charge in [-0.2, -0.15) is 0 Å². The molecule has 2 heterocycles. The van der Waals surface area contributed by atoms with Gasteiger partial charge in [-0.05, 0) is 28.3 Å². The lowest BCUT2D eigenvalue weighted by Crippen LogP contribution is -1.99. The van der Waals surface area contributed by atoms with Crippen molar-refractivity contribution in [2.24, 2.45) is 13.0 Å². The van der Waals surface area contributed by atoms with Crippen molar-refractivity contribution in [1.29, 1.82) is 0 Å². The second kappa shape index (κ2) is 4.34. The first-order valence-corrected chi connectivity index (χ1v) is 6.32. The van der Waals surface area contributed by atoms with E-state index < -0.39 is 0 Å². The van der Waals surface area contributed by atoms with Crippen molar-refractivity contribution in [3.8, 4) is 0 Å². The summed E-state index contributed by atoms with van der Waals surface area (Å²) in [5.41, 5.74) is 1.93. The summed E-state index contributed by atoms with van der Waals surface area (Å²) in [6.07, 6.45) is 2.53. The molecule has 0 atom stereocenters. The van der Waals surface area contributed by atoms with Crippen molar-refractivity contribution in [3.63, 3.8) is 0 Å². The van der Waals surface area contributed by atoms with E-state index in [-0.39, 0.29) is 0 Å². The molecule has 0 saturated carbocycles. The summed E-state index contributed by atoms with van der Waals surface area (Å²) in [5.74, 6) is 0.559. The van der Waals surface area contributed by atoms with Crippen LogP contribution < -0.4 is 0 Å². The Balaban J connectivity index is 2.72. The van der Waals surface area contributed by atoms with Crippen LogP contribution in [0.15, 0.2) is 10.8 Å². The van der Waals surface area contributed by atoms with Gasteiger partial charge in [0.1, 0.15) is 17.1 Å². The van der Waals surface area contributed by atoms with Crippen LogP contribution in [-0.4, -0.2) is 14.5 Å². The molecule has 3 nitrogen and oxygen atoms in total. The van der Waals surface area contributed by atoms with Crippen LogP contribution in [0.5, 0.6) is 0 Å². The van der Waals surface area contributed by atoms with Gasteiger partial charge in [-0.1, -0.05) is 25.4 Å². The van der Waals surface area contributed by atoms with Gasteiger partial charge >= 0.3 is 0 Å². The van der Waals surface area contributed by atoms with E-state index in [9.17, 15) is 0 Å². The number of fused-ring (bicyclic) bond motifs is 1. The first-order valence-electron chi connectivity index (χ1n) is 5.15. The molecule has 0 aliphatic heterocycles. The normalized spacial score (nSPS) is 11.6. The number of aryl methyl sites for hydroxylation is 1. The monoisotopic (exact) mass is 301 g/mol. The highest BCUT2D eigenvalue weighted by atomic mass is 79.9. The summed E-state index contributed by atoms with van der Waals surface area (Å²) in [4.78, 5) is 8.62. The van der Waals surface area contributed by atoms with Crippen molar-refractivity contribution in [2.45, 2.75) is 20.3 Å². The average molecular weight is 303 g/mol. The standard InChI is InChI=1S/C11H13BrClN3/c1-6(2)4-7-8-9(12)10(13)16(3)11(8)15-5-14-7/h5-6H,4H2,1-3H3. The fraction of sp³-hybridized carbons (Fsp3) is 0.455. The Morgan fingerprint density at radius 2 is 2.12 bits per heavy atom. The molecule has 16 heavy (non-hydrogen) atoms. The van der Waals surface area contributed by atoms with Gasteiger partial charge in [0.25, 0.3) is 0 Å². The molecular weight excluding hydrogens is 289 g/mol. The van der Waals surface area contributed by atoms with Crippen LogP contribution in [0.2, 0.25) is 5.15 Å². The molecule has 0 aliphatic rings. The molecule has 0 aliphatic carbocycles. The van der Waals surface area contributed by atoms with Crippen molar-refractivity contribution in [2.75, 3.05) is 0 Å². The van der Waals surface area contributed by atoms with Crippen LogP contribution in [0.25, 0.3) is 11.0 Å². The van der Waals surface area contributed by atoms with E-state index in [1.54, 1.807) is 6.33 Å². The van der Waals surface area contributed by atoms with E-state index >= 15 is 0 Å². The van der Waals surface area contributed by atoms with Crippen LogP contribution >= 0.6 is 27.5 Å². The van der Waals surface area contributed by atoms with Gasteiger partial charge in [-0.15, -0.1) is 0 Å².